The van der Waals surface area contributed by atoms with Gasteiger partial charge in [0.1, 0.15) is 5.54 Å². The normalized spacial score (nSPS) is 23.5. The third kappa shape index (κ3) is 3.57. The van der Waals surface area contributed by atoms with Gasteiger partial charge in [-0.05, 0) is 48.2 Å². The molecule has 1 aromatic heterocycles. The fourth-order valence-electron chi connectivity index (χ4n) is 5.27. The highest BCUT2D eigenvalue weighted by Crippen LogP contribution is 2.49. The number of ketones is 1. The average Bonchev–Trinajstić information content (AvgIpc) is 3.29. The maximum Gasteiger partial charge on any atom is 0.262 e. The first-order valence-corrected chi connectivity index (χ1v) is 12.5. The van der Waals surface area contributed by atoms with Gasteiger partial charge < -0.3 is 33.2 Å². The van der Waals surface area contributed by atoms with Crippen molar-refractivity contribution in [2.24, 2.45) is 11.5 Å². The predicted octanol–water partition coefficient (Wildman–Crippen LogP) is 1.76. The van der Waals surface area contributed by atoms with Crippen LogP contribution in [0.4, 0.5) is 11.4 Å². The monoisotopic (exact) mass is 504 g/mol. The Labute approximate surface area is 212 Å². The molecule has 0 spiro atoms. The number of nitrogens with one attached hydrogen (secondary N) is 1. The molecule has 3 unspecified atom stereocenters. The molecule has 0 saturated carbocycles. The van der Waals surface area contributed by atoms with Crippen LogP contribution in [0, 0.1) is 0 Å². The van der Waals surface area contributed by atoms with E-state index in [2.05, 4.69) is 11.9 Å². The average molecular weight is 505 g/mol. The molecule has 2 aliphatic rings. The largest absolute Gasteiger partial charge is 0.399 e. The van der Waals surface area contributed by atoms with Crippen LogP contribution in [0.5, 0.6) is 0 Å². The molecule has 5 rings (SSSR count). The van der Waals surface area contributed by atoms with Crippen LogP contribution in [0.15, 0.2) is 49.1 Å². The SMILES string of the molecule is C=CC(=O)N1CCCC(NC(=O)c2sc3c(N)ccc4c3c2C(N)C(=O)C4(N)c2ccc(N)cc2)C1. The summed E-state index contributed by atoms with van der Waals surface area (Å²) in [4.78, 5) is 41.3. The summed E-state index contributed by atoms with van der Waals surface area (Å²) in [6, 6.07) is 8.87. The van der Waals surface area contributed by atoms with Crippen LogP contribution >= 0.6 is 11.3 Å². The molecule has 1 aliphatic heterocycles. The number of nitrogens with zero attached hydrogens (tertiary/aromatic N) is 1. The molecule has 1 fully saturated rings. The van der Waals surface area contributed by atoms with Crippen molar-refractivity contribution < 1.29 is 14.4 Å². The van der Waals surface area contributed by atoms with Gasteiger partial charge in [-0.1, -0.05) is 24.8 Å². The van der Waals surface area contributed by atoms with Crippen molar-refractivity contribution in [2.75, 3.05) is 24.6 Å². The molecular formula is C26H28N6O3S. The van der Waals surface area contributed by atoms with E-state index in [0.29, 0.717) is 56.1 Å². The fourth-order valence-corrected chi connectivity index (χ4v) is 6.47. The Morgan fingerprint density at radius 2 is 1.89 bits per heavy atom. The van der Waals surface area contributed by atoms with Crippen molar-refractivity contribution >= 4 is 50.4 Å². The Balaban J connectivity index is 1.59. The molecular weight excluding hydrogens is 476 g/mol. The van der Waals surface area contributed by atoms with Crippen LogP contribution in [0.2, 0.25) is 0 Å². The first-order valence-electron chi connectivity index (χ1n) is 11.7. The van der Waals surface area contributed by atoms with E-state index in [9.17, 15) is 14.4 Å². The van der Waals surface area contributed by atoms with Crippen molar-refractivity contribution in [2.45, 2.75) is 30.5 Å². The van der Waals surface area contributed by atoms with Crippen LogP contribution in [0.25, 0.3) is 10.1 Å². The molecule has 10 heteroatoms. The van der Waals surface area contributed by atoms with Crippen LogP contribution in [-0.2, 0) is 15.1 Å². The molecule has 0 bridgehead atoms. The van der Waals surface area contributed by atoms with Crippen LogP contribution in [-0.4, -0.2) is 41.6 Å². The van der Waals surface area contributed by atoms with Crippen molar-refractivity contribution in [1.82, 2.24) is 10.2 Å². The van der Waals surface area contributed by atoms with Crippen LogP contribution < -0.4 is 28.3 Å². The highest BCUT2D eigenvalue weighted by atomic mass is 32.1. The number of thiophene rings is 1. The summed E-state index contributed by atoms with van der Waals surface area (Å²) in [7, 11) is 0. The molecule has 3 aromatic rings. The maximum atomic E-state index is 13.7. The molecule has 1 aliphatic carbocycles. The number of hydrogen-bond donors (Lipinski definition) is 5. The number of carbonyl (C=O) groups is 3. The maximum absolute atomic E-state index is 13.7. The second-order valence-corrected chi connectivity index (χ2v) is 10.3. The standard InChI is InChI=1S/C26H28N6O3S/c1-2-18(33)32-11-3-4-15(12-32)31-25(35)23-20-19-16(9-10-17(28)22(19)36-23)26(30,24(34)21(20)29)13-5-7-14(27)8-6-13/h2,5-10,15,21H,1,3-4,11-12,27-30H2,(H,31,35). The number of hydrogen-bond acceptors (Lipinski definition) is 8. The third-order valence-electron chi connectivity index (χ3n) is 7.13. The lowest BCUT2D eigenvalue weighted by Gasteiger charge is -2.36. The van der Waals surface area contributed by atoms with E-state index in [0.717, 1.165) is 12.8 Å². The van der Waals surface area contributed by atoms with Gasteiger partial charge in [0.2, 0.25) is 5.91 Å². The highest BCUT2D eigenvalue weighted by molar-refractivity contribution is 7.21. The predicted molar refractivity (Wildman–Crippen MR) is 141 cm³/mol. The van der Waals surface area contributed by atoms with Gasteiger partial charge in [0.05, 0.1) is 15.6 Å². The lowest BCUT2D eigenvalue weighted by atomic mass is 9.70. The summed E-state index contributed by atoms with van der Waals surface area (Å²) >= 11 is 1.20. The Morgan fingerprint density at radius 3 is 2.58 bits per heavy atom. The van der Waals surface area contributed by atoms with E-state index < -0.39 is 17.4 Å². The molecule has 2 aromatic carbocycles. The van der Waals surface area contributed by atoms with E-state index in [4.69, 9.17) is 22.9 Å². The zero-order chi connectivity index (χ0) is 25.8. The minimum atomic E-state index is -1.52. The zero-order valence-corrected chi connectivity index (χ0v) is 20.4. The zero-order valence-electron chi connectivity index (χ0n) is 19.6. The topological polar surface area (TPSA) is 171 Å². The summed E-state index contributed by atoms with van der Waals surface area (Å²) in [5.41, 5.74) is 26.5. The number of nitrogen functional groups attached to an aromatic ring is 2. The van der Waals surface area contributed by atoms with Crippen molar-refractivity contribution in [3.05, 3.63) is 70.6 Å². The summed E-state index contributed by atoms with van der Waals surface area (Å²) in [5, 5.41) is 3.67. The number of benzene rings is 2. The summed E-state index contributed by atoms with van der Waals surface area (Å²) in [6.45, 7) is 4.55. The number of likely N-dealkylation sites (tertiary alicyclic amines) is 1. The Bertz CT molecular complexity index is 1420. The number of amides is 2. The number of anilines is 2. The lowest BCUT2D eigenvalue weighted by molar-refractivity contribution is -0.127. The van der Waals surface area contributed by atoms with Gasteiger partial charge in [-0.3, -0.25) is 14.4 Å². The van der Waals surface area contributed by atoms with Crippen LogP contribution in [0.3, 0.4) is 0 Å². The van der Waals surface area contributed by atoms with Gasteiger partial charge in [0.25, 0.3) is 5.91 Å². The third-order valence-corrected chi connectivity index (χ3v) is 8.38. The number of piperidine rings is 1. The highest BCUT2D eigenvalue weighted by Gasteiger charge is 2.48. The van der Waals surface area contributed by atoms with Crippen molar-refractivity contribution in [1.29, 1.82) is 0 Å². The van der Waals surface area contributed by atoms with Gasteiger partial charge in [0.15, 0.2) is 5.78 Å². The van der Waals surface area contributed by atoms with E-state index in [-0.39, 0.29) is 17.9 Å². The Morgan fingerprint density at radius 1 is 1.17 bits per heavy atom. The van der Waals surface area contributed by atoms with Gasteiger partial charge in [0, 0.05) is 41.5 Å². The van der Waals surface area contributed by atoms with E-state index in [1.807, 2.05) is 0 Å². The second-order valence-electron chi connectivity index (χ2n) is 9.32. The van der Waals surface area contributed by atoms with Crippen LogP contribution in [0.1, 0.15) is 45.2 Å². The summed E-state index contributed by atoms with van der Waals surface area (Å²) in [5.74, 6) is -0.939. The molecule has 36 heavy (non-hydrogen) atoms. The smallest absolute Gasteiger partial charge is 0.262 e. The van der Waals surface area contributed by atoms with Crippen molar-refractivity contribution in [3.8, 4) is 0 Å². The van der Waals surface area contributed by atoms with E-state index in [1.165, 1.54) is 17.4 Å². The number of rotatable bonds is 4. The minimum Gasteiger partial charge on any atom is -0.399 e. The number of Topliss-reactive ketones (excluding diaryl/α,β-unsaturated/α-hetero) is 1. The number of carbonyl (C=O) groups excluding carboxylic acids is 3. The minimum absolute atomic E-state index is 0.169. The van der Waals surface area contributed by atoms with Crippen molar-refractivity contribution in [3.63, 3.8) is 0 Å². The quantitative estimate of drug-likeness (QED) is 0.266. The van der Waals surface area contributed by atoms with E-state index >= 15 is 0 Å². The van der Waals surface area contributed by atoms with Gasteiger partial charge in [-0.15, -0.1) is 11.3 Å². The first-order chi connectivity index (χ1) is 17.2. The van der Waals surface area contributed by atoms with Gasteiger partial charge in [-0.2, -0.15) is 0 Å². The summed E-state index contributed by atoms with van der Waals surface area (Å²) in [6.07, 6.45) is 2.76. The molecule has 2 amide bonds. The molecule has 3 atom stereocenters. The first kappa shape index (κ1) is 24.0. The van der Waals surface area contributed by atoms with E-state index in [1.54, 1.807) is 41.3 Å². The molecule has 186 valence electrons. The Hall–Kier alpha value is -3.73. The molecule has 2 heterocycles. The summed E-state index contributed by atoms with van der Waals surface area (Å²) < 4.78 is 0.660. The molecule has 0 radical (unpaired) electrons. The lowest BCUT2D eigenvalue weighted by Crippen LogP contribution is -2.53. The number of nitrogens with two attached hydrogens (primary N) is 4. The second kappa shape index (κ2) is 8.74. The molecule has 1 saturated heterocycles. The Kier molecular flexibility index (Phi) is 5.82. The van der Waals surface area contributed by atoms with Gasteiger partial charge >= 0.3 is 0 Å². The molecule has 9 nitrogen and oxygen atoms in total. The molecule has 9 N–H and O–H groups in total. The van der Waals surface area contributed by atoms with Gasteiger partial charge in [-0.25, -0.2) is 0 Å². The fraction of sp³-hybridized carbons (Fsp3) is 0.269.